The molecule has 2 rings (SSSR count). The van der Waals surface area contributed by atoms with E-state index in [1.54, 1.807) is 37.3 Å². The summed E-state index contributed by atoms with van der Waals surface area (Å²) in [5.74, 6) is 0. The van der Waals surface area contributed by atoms with Gasteiger partial charge in [-0.05, 0) is 42.3 Å². The van der Waals surface area contributed by atoms with Crippen molar-refractivity contribution < 1.29 is 4.92 Å². The van der Waals surface area contributed by atoms with Crippen LogP contribution in [-0.2, 0) is 4.87 Å². The quantitative estimate of drug-likeness (QED) is 0.473. The second kappa shape index (κ2) is 5.72. The third-order valence-electron chi connectivity index (χ3n) is 3.19. The lowest BCUT2D eigenvalue weighted by Gasteiger charge is -2.20. The molecule has 0 saturated heterocycles. The van der Waals surface area contributed by atoms with Gasteiger partial charge in [-0.25, -0.2) is 0 Å². The zero-order valence-corrected chi connectivity index (χ0v) is 12.5. The van der Waals surface area contributed by atoms with Crippen LogP contribution in [0.5, 0.6) is 0 Å². The van der Waals surface area contributed by atoms with Crippen molar-refractivity contribution in [2.24, 2.45) is 0 Å². The predicted molar refractivity (Wildman–Crippen MR) is 81.5 cm³/mol. The highest BCUT2D eigenvalue weighted by Crippen LogP contribution is 2.38. The van der Waals surface area contributed by atoms with Gasteiger partial charge in [0.15, 0.2) is 4.87 Å². The summed E-state index contributed by atoms with van der Waals surface area (Å²) in [5, 5.41) is 20.9. The van der Waals surface area contributed by atoms with E-state index in [1.165, 1.54) is 12.1 Å². The van der Waals surface area contributed by atoms with Crippen molar-refractivity contribution in [2.45, 2.75) is 11.8 Å². The number of nitrogens with zero attached hydrogens (tertiary/aromatic N) is 2. The van der Waals surface area contributed by atoms with Crippen molar-refractivity contribution in [3.05, 3.63) is 74.3 Å². The summed E-state index contributed by atoms with van der Waals surface area (Å²) >= 11 is 12.3. The smallest absolute Gasteiger partial charge is 0.258 e. The van der Waals surface area contributed by atoms with Gasteiger partial charge in [-0.2, -0.15) is 5.26 Å². The SMILES string of the molecule is Cc1cc(C(Cl)(C#N)c2ccc(Cl)cc2)ccc1[N+](=O)[O-]. The third-order valence-corrected chi connectivity index (χ3v) is 3.96. The molecule has 2 aromatic rings. The number of rotatable bonds is 3. The lowest BCUT2D eigenvalue weighted by molar-refractivity contribution is -0.385. The molecule has 2 aromatic carbocycles. The third kappa shape index (κ3) is 2.85. The highest BCUT2D eigenvalue weighted by Gasteiger charge is 2.33. The van der Waals surface area contributed by atoms with E-state index in [0.717, 1.165) is 0 Å². The number of nitro groups is 1. The van der Waals surface area contributed by atoms with E-state index in [-0.39, 0.29) is 5.69 Å². The Morgan fingerprint density at radius 2 is 1.76 bits per heavy atom. The minimum absolute atomic E-state index is 0.00758. The summed E-state index contributed by atoms with van der Waals surface area (Å²) in [4.78, 5) is 8.97. The van der Waals surface area contributed by atoms with Crippen LogP contribution < -0.4 is 0 Å². The van der Waals surface area contributed by atoms with E-state index in [9.17, 15) is 15.4 Å². The molecule has 0 N–H and O–H groups in total. The fourth-order valence-corrected chi connectivity index (χ4v) is 2.42. The van der Waals surface area contributed by atoms with Crippen molar-refractivity contribution in [1.29, 1.82) is 5.26 Å². The molecule has 0 saturated carbocycles. The molecule has 106 valence electrons. The number of aryl methyl sites for hydroxylation is 1. The minimum Gasteiger partial charge on any atom is -0.258 e. The van der Waals surface area contributed by atoms with E-state index >= 15 is 0 Å². The average molecular weight is 321 g/mol. The maximum Gasteiger partial charge on any atom is 0.272 e. The number of halogens is 2. The molecule has 4 nitrogen and oxygen atoms in total. The van der Waals surface area contributed by atoms with Crippen molar-refractivity contribution in [3.63, 3.8) is 0 Å². The van der Waals surface area contributed by atoms with E-state index in [1.807, 2.05) is 0 Å². The Balaban J connectivity index is 2.56. The average Bonchev–Trinajstić information content (AvgIpc) is 2.46. The van der Waals surface area contributed by atoms with Gasteiger partial charge in [-0.3, -0.25) is 10.1 Å². The van der Waals surface area contributed by atoms with Crippen molar-refractivity contribution in [3.8, 4) is 6.07 Å². The Bertz CT molecular complexity index is 738. The first kappa shape index (κ1) is 15.3. The van der Waals surface area contributed by atoms with E-state index in [2.05, 4.69) is 6.07 Å². The number of alkyl halides is 1. The predicted octanol–water partition coefficient (Wildman–Crippen LogP) is 4.56. The zero-order valence-electron chi connectivity index (χ0n) is 11.0. The molecule has 0 fully saturated rings. The molecule has 21 heavy (non-hydrogen) atoms. The van der Waals surface area contributed by atoms with Gasteiger partial charge in [0.05, 0.1) is 11.0 Å². The number of nitriles is 1. The molecule has 0 spiro atoms. The van der Waals surface area contributed by atoms with Gasteiger partial charge < -0.3 is 0 Å². The molecule has 1 unspecified atom stereocenters. The Hall–Kier alpha value is -2.09. The fraction of sp³-hybridized carbons (Fsp3) is 0.133. The summed E-state index contributed by atoms with van der Waals surface area (Å²) in [5.41, 5.74) is 1.49. The second-order valence-corrected chi connectivity index (χ2v) is 5.54. The fourth-order valence-electron chi connectivity index (χ4n) is 2.05. The van der Waals surface area contributed by atoms with Crippen molar-refractivity contribution in [1.82, 2.24) is 0 Å². The number of hydrogen-bond acceptors (Lipinski definition) is 3. The van der Waals surface area contributed by atoms with Crippen LogP contribution in [0.2, 0.25) is 5.02 Å². The minimum atomic E-state index is -1.41. The summed E-state index contributed by atoms with van der Waals surface area (Å²) in [6.45, 7) is 1.61. The molecular formula is C15H10Cl2N2O2. The largest absolute Gasteiger partial charge is 0.272 e. The normalized spacial score (nSPS) is 13.2. The Morgan fingerprint density at radius 1 is 1.19 bits per heavy atom. The Labute approximate surface area is 131 Å². The van der Waals surface area contributed by atoms with Crippen molar-refractivity contribution in [2.75, 3.05) is 0 Å². The van der Waals surface area contributed by atoms with E-state index in [4.69, 9.17) is 23.2 Å². The maximum absolute atomic E-state index is 10.9. The summed E-state index contributed by atoms with van der Waals surface area (Å²) in [6, 6.07) is 13.1. The van der Waals surface area contributed by atoms with E-state index < -0.39 is 9.80 Å². The number of nitro benzene ring substituents is 1. The molecule has 0 aromatic heterocycles. The second-order valence-electron chi connectivity index (χ2n) is 4.54. The molecule has 1 atom stereocenters. The highest BCUT2D eigenvalue weighted by atomic mass is 35.5. The standard InChI is InChI=1S/C15H10Cl2N2O2/c1-10-8-12(4-7-14(10)19(20)21)15(17,9-18)11-2-5-13(16)6-3-11/h2-8H,1H3. The first-order chi connectivity index (χ1) is 9.88. The molecule has 0 aliphatic carbocycles. The van der Waals surface area contributed by atoms with Crippen molar-refractivity contribution >= 4 is 28.9 Å². The van der Waals surface area contributed by atoms with E-state index in [0.29, 0.717) is 21.7 Å². The molecule has 0 bridgehead atoms. The van der Waals surface area contributed by atoms with Gasteiger partial charge in [-0.15, -0.1) is 0 Å². The Kier molecular flexibility index (Phi) is 4.17. The molecule has 0 aliphatic heterocycles. The number of hydrogen-bond donors (Lipinski definition) is 0. The maximum atomic E-state index is 10.9. The highest BCUT2D eigenvalue weighted by molar-refractivity contribution is 6.31. The van der Waals surface area contributed by atoms with Gasteiger partial charge in [0.2, 0.25) is 0 Å². The van der Waals surface area contributed by atoms with Crippen LogP contribution in [-0.4, -0.2) is 4.92 Å². The van der Waals surface area contributed by atoms with Gasteiger partial charge in [0, 0.05) is 16.7 Å². The molecular weight excluding hydrogens is 311 g/mol. The molecule has 0 radical (unpaired) electrons. The summed E-state index contributed by atoms with van der Waals surface area (Å²) in [6.07, 6.45) is 0. The first-order valence-corrected chi connectivity index (χ1v) is 6.76. The summed E-state index contributed by atoms with van der Waals surface area (Å²) < 4.78 is 0. The molecule has 6 heteroatoms. The van der Waals surface area contributed by atoms with Gasteiger partial charge in [0.1, 0.15) is 0 Å². The lowest BCUT2D eigenvalue weighted by atomic mass is 9.90. The van der Waals surface area contributed by atoms with Crippen LogP contribution in [0.25, 0.3) is 0 Å². The van der Waals surface area contributed by atoms with Crippen LogP contribution >= 0.6 is 23.2 Å². The zero-order chi connectivity index (χ0) is 15.6. The molecule has 0 amide bonds. The van der Waals surface area contributed by atoms with Gasteiger partial charge in [-0.1, -0.05) is 35.3 Å². The summed E-state index contributed by atoms with van der Waals surface area (Å²) in [7, 11) is 0. The monoisotopic (exact) mass is 320 g/mol. The van der Waals surface area contributed by atoms with Crippen LogP contribution in [0.4, 0.5) is 5.69 Å². The van der Waals surface area contributed by atoms with Crippen LogP contribution in [0, 0.1) is 28.4 Å². The number of benzene rings is 2. The van der Waals surface area contributed by atoms with Crippen LogP contribution in [0.15, 0.2) is 42.5 Å². The topological polar surface area (TPSA) is 66.9 Å². The van der Waals surface area contributed by atoms with Gasteiger partial charge >= 0.3 is 0 Å². The lowest BCUT2D eigenvalue weighted by Crippen LogP contribution is -2.18. The molecule has 0 heterocycles. The van der Waals surface area contributed by atoms with Crippen LogP contribution in [0.3, 0.4) is 0 Å². The van der Waals surface area contributed by atoms with Gasteiger partial charge in [0.25, 0.3) is 5.69 Å². The van der Waals surface area contributed by atoms with Crippen LogP contribution in [0.1, 0.15) is 16.7 Å². The Morgan fingerprint density at radius 3 is 2.24 bits per heavy atom. The first-order valence-electron chi connectivity index (χ1n) is 6.00. The molecule has 0 aliphatic rings.